The molecule has 2 heterocycles. The summed E-state index contributed by atoms with van der Waals surface area (Å²) in [5, 5.41) is 3.17. The first-order chi connectivity index (χ1) is 25.6. The fourth-order valence-electron chi connectivity index (χ4n) is 8.19. The van der Waals surface area contributed by atoms with Crippen LogP contribution in [0.5, 0.6) is 0 Å². The Morgan fingerprint density at radius 3 is 1.67 bits per heavy atom. The van der Waals surface area contributed by atoms with E-state index < -0.39 is 0 Å². The summed E-state index contributed by atoms with van der Waals surface area (Å²) >= 11 is 3.90. The van der Waals surface area contributed by atoms with E-state index in [9.17, 15) is 0 Å². The second-order valence-electron chi connectivity index (χ2n) is 14.2. The lowest BCUT2D eigenvalue weighted by atomic mass is 9.89. The third-order valence-corrected chi connectivity index (χ3v) is 13.3. The van der Waals surface area contributed by atoms with Crippen molar-refractivity contribution in [3.8, 4) is 55.6 Å². The molecule has 0 amide bonds. The predicted molar refractivity (Wildman–Crippen MR) is 227 cm³/mol. The summed E-state index contributed by atoms with van der Waals surface area (Å²) in [5.74, 6) is 0.471. The van der Waals surface area contributed by atoms with E-state index in [4.69, 9.17) is 0 Å². The lowest BCUT2D eigenvalue weighted by molar-refractivity contribution is 0.881. The molecule has 52 heavy (non-hydrogen) atoms. The maximum absolute atomic E-state index is 2.37. The molecule has 2 heteroatoms. The average molecular weight is 701 g/mol. The average Bonchev–Trinajstić information content (AvgIpc) is 3.76. The summed E-state index contributed by atoms with van der Waals surface area (Å²) in [6.45, 7) is 4.42. The number of fused-ring (bicyclic) bond motifs is 6. The van der Waals surface area contributed by atoms with Crippen LogP contribution in [0.15, 0.2) is 175 Å². The number of rotatable bonds is 5. The van der Waals surface area contributed by atoms with Crippen LogP contribution < -0.4 is 0 Å². The van der Waals surface area contributed by atoms with Gasteiger partial charge in [0.25, 0.3) is 0 Å². The van der Waals surface area contributed by atoms with Gasteiger partial charge in [-0.15, -0.1) is 23.1 Å². The van der Waals surface area contributed by atoms with Gasteiger partial charge < -0.3 is 0 Å². The second kappa shape index (κ2) is 12.7. The van der Waals surface area contributed by atoms with Crippen molar-refractivity contribution < 1.29 is 0 Å². The van der Waals surface area contributed by atoms with Gasteiger partial charge >= 0.3 is 0 Å². The minimum Gasteiger partial charge on any atom is -0.135 e. The van der Waals surface area contributed by atoms with Crippen LogP contribution in [0.3, 0.4) is 0 Å². The molecule has 0 radical (unpaired) electrons. The van der Waals surface area contributed by atoms with E-state index in [1.54, 1.807) is 0 Å². The molecule has 2 aliphatic rings. The molecule has 1 aliphatic carbocycles. The Hall–Kier alpha value is -5.41. The van der Waals surface area contributed by atoms with E-state index in [0.29, 0.717) is 11.2 Å². The first kappa shape index (κ1) is 31.3. The van der Waals surface area contributed by atoms with E-state index in [1.807, 2.05) is 23.1 Å². The molecule has 0 N–H and O–H groups in total. The molecule has 1 aliphatic heterocycles. The van der Waals surface area contributed by atoms with Crippen molar-refractivity contribution in [2.24, 2.45) is 0 Å². The van der Waals surface area contributed by atoms with Gasteiger partial charge in [0.2, 0.25) is 0 Å². The summed E-state index contributed by atoms with van der Waals surface area (Å²) in [6.07, 6.45) is 9.10. The van der Waals surface area contributed by atoms with Crippen LogP contribution in [-0.4, -0.2) is 5.25 Å². The highest BCUT2D eigenvalue weighted by atomic mass is 32.2. The Morgan fingerprint density at radius 1 is 0.442 bits per heavy atom. The summed E-state index contributed by atoms with van der Waals surface area (Å²) in [7, 11) is 0. The molecule has 8 aromatic rings. The summed E-state index contributed by atoms with van der Waals surface area (Å²) in [6, 6.07) is 54.5. The first-order valence-corrected chi connectivity index (χ1v) is 19.8. The van der Waals surface area contributed by atoms with Gasteiger partial charge in [0.15, 0.2) is 0 Å². The molecule has 0 saturated carbocycles. The van der Waals surface area contributed by atoms with Gasteiger partial charge in [-0.2, -0.15) is 0 Å². The Balaban J connectivity index is 0.928. The van der Waals surface area contributed by atoms with Gasteiger partial charge in [0, 0.05) is 36.2 Å². The fraction of sp³-hybridized carbons (Fsp3) is 0.0800. The number of aryl methyl sites for hydroxylation is 2. The molecule has 0 fully saturated rings. The number of benzene rings is 7. The maximum atomic E-state index is 2.37. The number of thiophene rings is 1. The van der Waals surface area contributed by atoms with Gasteiger partial charge in [-0.3, -0.25) is 0 Å². The van der Waals surface area contributed by atoms with Crippen molar-refractivity contribution in [2.75, 3.05) is 0 Å². The lowest BCUT2D eigenvalue weighted by Crippen LogP contribution is -2.06. The van der Waals surface area contributed by atoms with Crippen molar-refractivity contribution >= 4 is 43.3 Å². The minimum absolute atomic E-state index is 0.471. The molecule has 0 saturated heterocycles. The standard InChI is InChI=1S/C50H36S2/c1-31-25-37(29-39(27-31)41-11-7-13-45-43-9-3-5-15-47(43)51-49(41)45)35-21-17-33(18-22-35)34-19-23-36(24-20-34)38-26-32(2)28-40(30-38)42-12-8-14-46-44-10-4-6-16-48(44)52-50(42)46/h3-30,43,47H,1-2H3. The number of hydrogen-bond acceptors (Lipinski definition) is 2. The van der Waals surface area contributed by atoms with E-state index in [-0.39, 0.29) is 0 Å². The monoisotopic (exact) mass is 700 g/mol. The van der Waals surface area contributed by atoms with Crippen LogP contribution in [0.1, 0.15) is 22.6 Å². The van der Waals surface area contributed by atoms with Crippen LogP contribution in [0.25, 0.3) is 75.8 Å². The predicted octanol–water partition coefficient (Wildman–Crippen LogP) is 14.7. The first-order valence-electron chi connectivity index (χ1n) is 18.1. The van der Waals surface area contributed by atoms with E-state index in [1.165, 1.54) is 97.4 Å². The van der Waals surface area contributed by atoms with Gasteiger partial charge in [0.05, 0.1) is 0 Å². The molecular formula is C50H36S2. The SMILES string of the molecule is Cc1cc(-c2ccc(-c3ccc(-c4cc(C)cc(-c5cccc6c5sc5ccccc56)c4)cc3)cc2)cc(-c2cccc3c2SC2C=CC=CC32)c1. The van der Waals surface area contributed by atoms with Crippen molar-refractivity contribution in [1.29, 1.82) is 0 Å². The largest absolute Gasteiger partial charge is 0.135 e. The van der Waals surface area contributed by atoms with Crippen LogP contribution in [0.2, 0.25) is 0 Å². The smallest absolute Gasteiger partial charge is 0.0433 e. The summed E-state index contributed by atoms with van der Waals surface area (Å²) in [4.78, 5) is 1.43. The van der Waals surface area contributed by atoms with E-state index in [0.717, 1.165) is 0 Å². The molecule has 248 valence electrons. The van der Waals surface area contributed by atoms with Crippen LogP contribution in [-0.2, 0) is 0 Å². The van der Waals surface area contributed by atoms with Crippen LogP contribution in [0, 0.1) is 13.8 Å². The maximum Gasteiger partial charge on any atom is 0.0433 e. The van der Waals surface area contributed by atoms with E-state index in [2.05, 4.69) is 184 Å². The van der Waals surface area contributed by atoms with Crippen LogP contribution >= 0.6 is 23.1 Å². The summed E-state index contributed by atoms with van der Waals surface area (Å²) < 4.78 is 2.70. The molecule has 1 aromatic heterocycles. The quantitative estimate of drug-likeness (QED) is 0.172. The Bertz CT molecular complexity index is 2720. The van der Waals surface area contributed by atoms with Crippen molar-refractivity contribution in [2.45, 2.75) is 29.9 Å². The minimum atomic E-state index is 0.471. The molecule has 0 nitrogen and oxygen atoms in total. The van der Waals surface area contributed by atoms with Gasteiger partial charge in [-0.05, 0) is 104 Å². The Morgan fingerprint density at radius 2 is 0.981 bits per heavy atom. The molecule has 0 spiro atoms. The molecule has 0 bridgehead atoms. The van der Waals surface area contributed by atoms with Crippen molar-refractivity contribution in [3.05, 3.63) is 187 Å². The van der Waals surface area contributed by atoms with Gasteiger partial charge in [-0.1, -0.05) is 152 Å². The fourth-order valence-corrected chi connectivity index (χ4v) is 10.9. The molecule has 7 aromatic carbocycles. The second-order valence-corrected chi connectivity index (χ2v) is 16.5. The third-order valence-electron chi connectivity index (χ3n) is 10.7. The zero-order valence-electron chi connectivity index (χ0n) is 29.1. The van der Waals surface area contributed by atoms with Crippen LogP contribution in [0.4, 0.5) is 0 Å². The molecule has 2 unspecified atom stereocenters. The van der Waals surface area contributed by atoms with Gasteiger partial charge in [-0.25, -0.2) is 0 Å². The topological polar surface area (TPSA) is 0 Å². The lowest BCUT2D eigenvalue weighted by Gasteiger charge is -2.14. The highest BCUT2D eigenvalue weighted by Gasteiger charge is 2.32. The number of allylic oxidation sites excluding steroid dienone is 3. The summed E-state index contributed by atoms with van der Waals surface area (Å²) in [5.41, 5.74) is 16.7. The van der Waals surface area contributed by atoms with Crippen molar-refractivity contribution in [3.63, 3.8) is 0 Å². The highest BCUT2D eigenvalue weighted by molar-refractivity contribution is 8.00. The van der Waals surface area contributed by atoms with E-state index >= 15 is 0 Å². The number of thioether (sulfide) groups is 1. The number of hydrogen-bond donors (Lipinski definition) is 0. The Labute approximate surface area is 313 Å². The zero-order chi connectivity index (χ0) is 34.8. The normalized spacial score (nSPS) is 16.0. The molecular weight excluding hydrogens is 665 g/mol. The van der Waals surface area contributed by atoms with Gasteiger partial charge in [0.1, 0.15) is 0 Å². The highest BCUT2D eigenvalue weighted by Crippen LogP contribution is 2.52. The Kier molecular flexibility index (Phi) is 7.63. The molecule has 10 rings (SSSR count). The third kappa shape index (κ3) is 5.46. The zero-order valence-corrected chi connectivity index (χ0v) is 30.8. The van der Waals surface area contributed by atoms with Crippen molar-refractivity contribution in [1.82, 2.24) is 0 Å². The molecule has 2 atom stereocenters.